The summed E-state index contributed by atoms with van der Waals surface area (Å²) in [5.41, 5.74) is 1.42. The minimum absolute atomic E-state index is 0.103. The van der Waals surface area contributed by atoms with Crippen molar-refractivity contribution in [3.05, 3.63) is 71.9 Å². The Bertz CT molecular complexity index is 947. The Hall–Kier alpha value is -3.15. The molecule has 140 valence electrons. The minimum Gasteiger partial charge on any atom is -0.390 e. The fourth-order valence-corrected chi connectivity index (χ4v) is 2.75. The average molecular weight is 385 g/mol. The summed E-state index contributed by atoms with van der Waals surface area (Å²) in [6, 6.07) is 16.8. The highest BCUT2D eigenvalue weighted by Crippen LogP contribution is 2.14. The molecule has 0 atom stereocenters. The van der Waals surface area contributed by atoms with Crippen LogP contribution in [0.15, 0.2) is 71.3 Å². The van der Waals surface area contributed by atoms with Gasteiger partial charge >= 0.3 is 0 Å². The highest BCUT2D eigenvalue weighted by Gasteiger charge is 2.11. The molecule has 0 spiro atoms. The van der Waals surface area contributed by atoms with E-state index in [2.05, 4.69) is 10.6 Å². The second-order valence-electron chi connectivity index (χ2n) is 5.67. The summed E-state index contributed by atoms with van der Waals surface area (Å²) < 4.78 is 30.9. The van der Waals surface area contributed by atoms with E-state index < -0.39 is 16.0 Å². The molecule has 0 aliphatic heterocycles. The molecule has 0 fully saturated rings. The minimum atomic E-state index is -4.29. The van der Waals surface area contributed by atoms with Gasteiger partial charge in [0.1, 0.15) is 11.6 Å². The predicted molar refractivity (Wildman–Crippen MR) is 101 cm³/mol. The summed E-state index contributed by atoms with van der Waals surface area (Å²) in [4.78, 5) is 11.8. The van der Waals surface area contributed by atoms with Crippen LogP contribution >= 0.6 is 0 Å². The van der Waals surface area contributed by atoms with Crippen LogP contribution in [0, 0.1) is 11.3 Å². The smallest absolute Gasteiger partial charge is 0.294 e. The van der Waals surface area contributed by atoms with Crippen molar-refractivity contribution in [2.75, 3.05) is 11.9 Å². The van der Waals surface area contributed by atoms with Crippen molar-refractivity contribution in [3.63, 3.8) is 0 Å². The number of nitriles is 1. The van der Waals surface area contributed by atoms with Gasteiger partial charge in [0.05, 0.1) is 4.90 Å². The van der Waals surface area contributed by atoms with E-state index in [0.29, 0.717) is 12.2 Å². The van der Waals surface area contributed by atoms with Crippen LogP contribution in [-0.2, 0) is 21.3 Å². The van der Waals surface area contributed by atoms with E-state index in [4.69, 9.17) is 9.81 Å². The fraction of sp³-hybridized carbons (Fsp3) is 0.158. The number of carbonyl (C=O) groups excluding carboxylic acids is 1. The third kappa shape index (κ3) is 6.58. The Morgan fingerprint density at radius 3 is 2.37 bits per heavy atom. The molecular weight excluding hydrogens is 366 g/mol. The Morgan fingerprint density at radius 2 is 1.78 bits per heavy atom. The lowest BCUT2D eigenvalue weighted by Gasteiger charge is -2.06. The molecule has 0 saturated heterocycles. The fourth-order valence-electron chi connectivity index (χ4n) is 2.27. The zero-order valence-electron chi connectivity index (χ0n) is 14.4. The summed E-state index contributed by atoms with van der Waals surface area (Å²) in [6.45, 7) is 0.608. The number of anilines is 1. The second kappa shape index (κ2) is 9.52. The van der Waals surface area contributed by atoms with Gasteiger partial charge in [0.25, 0.3) is 16.0 Å². The molecule has 0 radical (unpaired) electrons. The molecule has 2 aromatic carbocycles. The number of nitrogens with zero attached hydrogens (tertiary/aromatic N) is 1. The van der Waals surface area contributed by atoms with Gasteiger partial charge in [0.15, 0.2) is 0 Å². The van der Waals surface area contributed by atoms with E-state index in [9.17, 15) is 13.2 Å². The van der Waals surface area contributed by atoms with E-state index >= 15 is 0 Å². The number of aryl methyl sites for hydroxylation is 1. The quantitative estimate of drug-likeness (QED) is 0.278. The van der Waals surface area contributed by atoms with E-state index in [1.807, 2.05) is 36.4 Å². The molecule has 0 aliphatic carbocycles. The van der Waals surface area contributed by atoms with Crippen molar-refractivity contribution in [3.8, 4) is 6.07 Å². The van der Waals surface area contributed by atoms with Crippen molar-refractivity contribution in [1.82, 2.24) is 5.32 Å². The van der Waals surface area contributed by atoms with Crippen LogP contribution in [0.3, 0.4) is 0 Å². The lowest BCUT2D eigenvalue weighted by atomic mass is 10.1. The lowest BCUT2D eigenvalue weighted by molar-refractivity contribution is -0.112. The van der Waals surface area contributed by atoms with Crippen LogP contribution in [0.4, 0.5) is 5.69 Å². The number of hydrogen-bond acceptors (Lipinski definition) is 5. The van der Waals surface area contributed by atoms with Gasteiger partial charge in [-0.3, -0.25) is 9.35 Å². The molecule has 1 amide bonds. The van der Waals surface area contributed by atoms with Crippen LogP contribution in [0.2, 0.25) is 0 Å². The Labute approximate surface area is 158 Å². The number of carbonyl (C=O) groups is 1. The number of nitrogens with one attached hydrogen (secondary N) is 2. The third-order valence-electron chi connectivity index (χ3n) is 3.65. The van der Waals surface area contributed by atoms with E-state index in [0.717, 1.165) is 25.0 Å². The second-order valence-corrected chi connectivity index (χ2v) is 7.09. The molecule has 2 rings (SSSR count). The Kier molecular flexibility index (Phi) is 7.11. The summed E-state index contributed by atoms with van der Waals surface area (Å²) in [7, 11) is -4.29. The topological polar surface area (TPSA) is 119 Å². The maximum Gasteiger partial charge on any atom is 0.294 e. The van der Waals surface area contributed by atoms with Crippen LogP contribution in [0.5, 0.6) is 0 Å². The van der Waals surface area contributed by atoms with Gasteiger partial charge in [-0.1, -0.05) is 30.3 Å². The van der Waals surface area contributed by atoms with Gasteiger partial charge < -0.3 is 10.6 Å². The van der Waals surface area contributed by atoms with Crippen LogP contribution in [0.1, 0.15) is 12.0 Å². The molecule has 0 aliphatic rings. The first kappa shape index (κ1) is 20.2. The summed E-state index contributed by atoms with van der Waals surface area (Å²) in [6.07, 6.45) is 3.08. The van der Waals surface area contributed by atoms with Crippen molar-refractivity contribution in [2.24, 2.45) is 0 Å². The Morgan fingerprint density at radius 1 is 1.11 bits per heavy atom. The molecule has 0 heterocycles. The van der Waals surface area contributed by atoms with Crippen molar-refractivity contribution in [2.45, 2.75) is 17.7 Å². The average Bonchev–Trinajstić information content (AvgIpc) is 2.65. The number of rotatable bonds is 8. The van der Waals surface area contributed by atoms with Crippen LogP contribution < -0.4 is 10.6 Å². The molecule has 8 heteroatoms. The molecule has 2 aromatic rings. The maximum atomic E-state index is 12.1. The van der Waals surface area contributed by atoms with Crippen LogP contribution in [0.25, 0.3) is 0 Å². The molecular formula is C19H19N3O4S. The number of hydrogen-bond donors (Lipinski definition) is 3. The summed E-state index contributed by atoms with van der Waals surface area (Å²) in [5, 5.41) is 14.6. The first-order valence-electron chi connectivity index (χ1n) is 8.16. The van der Waals surface area contributed by atoms with Gasteiger partial charge in [-0.15, -0.1) is 0 Å². The number of benzene rings is 2. The highest BCUT2D eigenvalue weighted by molar-refractivity contribution is 7.85. The molecule has 27 heavy (non-hydrogen) atoms. The van der Waals surface area contributed by atoms with Crippen molar-refractivity contribution < 1.29 is 17.8 Å². The van der Waals surface area contributed by atoms with Crippen molar-refractivity contribution >= 4 is 21.7 Å². The zero-order chi connectivity index (χ0) is 19.7. The maximum absolute atomic E-state index is 12.1. The van der Waals surface area contributed by atoms with Gasteiger partial charge in [-0.05, 0) is 42.7 Å². The molecule has 7 nitrogen and oxygen atoms in total. The summed E-state index contributed by atoms with van der Waals surface area (Å²) in [5.74, 6) is -0.618. The molecule has 0 aromatic heterocycles. The largest absolute Gasteiger partial charge is 0.390 e. The molecule has 0 unspecified atom stereocenters. The van der Waals surface area contributed by atoms with Gasteiger partial charge in [0.2, 0.25) is 0 Å². The van der Waals surface area contributed by atoms with Crippen LogP contribution in [-0.4, -0.2) is 25.4 Å². The lowest BCUT2D eigenvalue weighted by Crippen LogP contribution is -2.17. The van der Waals surface area contributed by atoms with E-state index in [1.165, 1.54) is 23.9 Å². The normalized spacial score (nSPS) is 11.5. The number of amides is 1. The Balaban J connectivity index is 1.85. The van der Waals surface area contributed by atoms with Gasteiger partial charge in [-0.25, -0.2) is 0 Å². The van der Waals surface area contributed by atoms with E-state index in [1.54, 1.807) is 0 Å². The molecule has 3 N–H and O–H groups in total. The zero-order valence-corrected chi connectivity index (χ0v) is 15.2. The highest BCUT2D eigenvalue weighted by atomic mass is 32.2. The molecule has 0 bridgehead atoms. The standard InChI is InChI=1S/C19H19N3O4S/c20-13-16(14-21-12-4-7-15-5-2-1-3-6-15)19(23)22-17-8-10-18(11-9-17)27(24,25)26/h1-3,5-6,8-11,14,21H,4,7,12H2,(H,22,23)(H,24,25,26)/b16-14-. The predicted octanol–water partition coefficient (Wildman–Crippen LogP) is 2.50. The van der Waals surface area contributed by atoms with Crippen molar-refractivity contribution in [1.29, 1.82) is 5.26 Å². The van der Waals surface area contributed by atoms with E-state index in [-0.39, 0.29) is 10.5 Å². The SMILES string of the molecule is N#C/C(=C/NCCCc1ccccc1)C(=O)Nc1ccc(S(=O)(=O)O)cc1. The third-order valence-corrected chi connectivity index (χ3v) is 4.52. The molecule has 0 saturated carbocycles. The van der Waals surface area contributed by atoms with Gasteiger partial charge in [0, 0.05) is 18.4 Å². The van der Waals surface area contributed by atoms with Gasteiger partial charge in [-0.2, -0.15) is 13.7 Å². The first-order chi connectivity index (χ1) is 12.9. The summed E-state index contributed by atoms with van der Waals surface area (Å²) >= 11 is 0. The first-order valence-corrected chi connectivity index (χ1v) is 9.60. The monoisotopic (exact) mass is 385 g/mol.